The Morgan fingerprint density at radius 2 is 1.94 bits per heavy atom. The van der Waals surface area contributed by atoms with E-state index in [0.717, 1.165) is 19.4 Å². The Kier molecular flexibility index (Phi) is 5.88. The number of nitrogens with zero attached hydrogens (tertiary/aromatic N) is 5. The zero-order valence-corrected chi connectivity index (χ0v) is 20.0. The van der Waals surface area contributed by atoms with Crippen molar-refractivity contribution in [2.45, 2.75) is 44.1 Å². The van der Waals surface area contributed by atoms with E-state index in [1.54, 1.807) is 30.3 Å². The minimum absolute atomic E-state index is 0.0559. The van der Waals surface area contributed by atoms with Crippen molar-refractivity contribution in [3.63, 3.8) is 0 Å². The third-order valence-corrected chi connectivity index (χ3v) is 6.62. The quantitative estimate of drug-likeness (QED) is 0.480. The van der Waals surface area contributed by atoms with Gasteiger partial charge in [-0.25, -0.2) is 9.97 Å². The van der Waals surface area contributed by atoms with Crippen LogP contribution in [-0.4, -0.2) is 50.2 Å². The number of anilines is 3. The van der Waals surface area contributed by atoms with Gasteiger partial charge < -0.3 is 21.3 Å². The lowest BCUT2D eigenvalue weighted by Gasteiger charge is -2.41. The van der Waals surface area contributed by atoms with Crippen molar-refractivity contribution >= 4 is 29.1 Å². The first kappa shape index (κ1) is 22.8. The number of nitrogens with two attached hydrogens (primary N) is 1. The number of nitrogens with one attached hydrogen (secondary N) is 2. The number of aryl methyl sites for hydroxylation is 1. The Hall–Kier alpha value is -3.95. The zero-order valence-electron chi connectivity index (χ0n) is 20.0. The van der Waals surface area contributed by atoms with Gasteiger partial charge in [0.05, 0.1) is 23.6 Å². The van der Waals surface area contributed by atoms with Gasteiger partial charge in [-0.15, -0.1) is 0 Å². The van der Waals surface area contributed by atoms with Gasteiger partial charge in [-0.05, 0) is 56.2 Å². The fourth-order valence-corrected chi connectivity index (χ4v) is 4.63. The van der Waals surface area contributed by atoms with E-state index >= 15 is 0 Å². The highest BCUT2D eigenvalue weighted by molar-refractivity contribution is 5.96. The molecule has 2 fully saturated rings. The Morgan fingerprint density at radius 3 is 2.60 bits per heavy atom. The van der Waals surface area contributed by atoms with Gasteiger partial charge in [0.1, 0.15) is 5.82 Å². The molecule has 0 spiro atoms. The number of hydrogen-bond donors (Lipinski definition) is 3. The molecule has 0 radical (unpaired) electrons. The van der Waals surface area contributed by atoms with Crippen LogP contribution in [0.3, 0.4) is 0 Å². The van der Waals surface area contributed by atoms with Crippen molar-refractivity contribution in [1.82, 2.24) is 25.1 Å². The van der Waals surface area contributed by atoms with Crippen molar-refractivity contribution < 1.29 is 9.59 Å². The molecule has 1 aliphatic carbocycles. The molecular formula is C25H30N8O2. The smallest absolute Gasteiger partial charge is 0.271 e. The minimum Gasteiger partial charge on any atom is -0.364 e. The van der Waals surface area contributed by atoms with E-state index in [1.807, 2.05) is 12.1 Å². The predicted octanol–water partition coefficient (Wildman–Crippen LogP) is 2.72. The van der Waals surface area contributed by atoms with Crippen LogP contribution in [0.4, 0.5) is 17.3 Å². The molecule has 1 saturated carbocycles. The predicted molar refractivity (Wildman–Crippen MR) is 133 cm³/mol. The fraction of sp³-hybridized carbons (Fsp3) is 0.400. The normalized spacial score (nSPS) is 19.9. The van der Waals surface area contributed by atoms with Crippen LogP contribution < -0.4 is 21.3 Å². The number of carbonyl (C=O) groups excluding carboxylic acids is 2. The van der Waals surface area contributed by atoms with E-state index in [0.29, 0.717) is 29.5 Å². The van der Waals surface area contributed by atoms with Crippen LogP contribution in [0.2, 0.25) is 0 Å². The summed E-state index contributed by atoms with van der Waals surface area (Å²) >= 11 is 0. The molecule has 10 heteroatoms. The summed E-state index contributed by atoms with van der Waals surface area (Å²) in [4.78, 5) is 36.0. The summed E-state index contributed by atoms with van der Waals surface area (Å²) in [5.74, 6) is 0.797. The Balaban J connectivity index is 1.32. The average molecular weight is 475 g/mol. The van der Waals surface area contributed by atoms with E-state index in [1.165, 1.54) is 18.4 Å². The molecule has 10 nitrogen and oxygen atoms in total. The molecule has 1 aliphatic heterocycles. The molecule has 2 aromatic heterocycles. The van der Waals surface area contributed by atoms with E-state index in [4.69, 9.17) is 5.73 Å². The van der Waals surface area contributed by atoms with Gasteiger partial charge in [0, 0.05) is 31.9 Å². The Morgan fingerprint density at radius 1 is 1.17 bits per heavy atom. The lowest BCUT2D eigenvalue weighted by atomic mass is 9.90. The van der Waals surface area contributed by atoms with E-state index in [-0.39, 0.29) is 17.4 Å². The van der Waals surface area contributed by atoms with Crippen molar-refractivity contribution in [3.8, 4) is 0 Å². The first-order chi connectivity index (χ1) is 16.8. The maximum atomic E-state index is 13.0. The lowest BCUT2D eigenvalue weighted by molar-refractivity contribution is 0.0895. The zero-order chi connectivity index (χ0) is 24.6. The van der Waals surface area contributed by atoms with Crippen molar-refractivity contribution in [3.05, 3.63) is 59.7 Å². The maximum Gasteiger partial charge on any atom is 0.271 e. The lowest BCUT2D eigenvalue weighted by Crippen LogP contribution is -2.57. The van der Waals surface area contributed by atoms with Gasteiger partial charge in [0.15, 0.2) is 11.5 Å². The summed E-state index contributed by atoms with van der Waals surface area (Å²) in [5, 5.41) is 10.5. The largest absolute Gasteiger partial charge is 0.364 e. The van der Waals surface area contributed by atoms with Crippen LogP contribution in [0.15, 0.2) is 42.9 Å². The summed E-state index contributed by atoms with van der Waals surface area (Å²) in [6.45, 7) is 3.38. The molecule has 0 bridgehead atoms. The van der Waals surface area contributed by atoms with Gasteiger partial charge >= 0.3 is 0 Å². The molecule has 35 heavy (non-hydrogen) atoms. The molecule has 1 aromatic carbocycles. The van der Waals surface area contributed by atoms with Gasteiger partial charge in [0.25, 0.3) is 11.8 Å². The molecule has 2 amide bonds. The highest BCUT2D eigenvalue weighted by Gasteiger charge is 2.34. The maximum absolute atomic E-state index is 13.0. The van der Waals surface area contributed by atoms with Crippen LogP contribution in [0.1, 0.15) is 64.9 Å². The number of carbonyl (C=O) groups is 2. The molecule has 1 atom stereocenters. The highest BCUT2D eigenvalue weighted by atomic mass is 16.2. The fourth-order valence-electron chi connectivity index (χ4n) is 4.63. The molecule has 3 heterocycles. The summed E-state index contributed by atoms with van der Waals surface area (Å²) in [6, 6.07) is 7.96. The molecular weight excluding hydrogens is 444 g/mol. The summed E-state index contributed by atoms with van der Waals surface area (Å²) < 4.78 is 1.64. The SMILES string of the molecule is Cn1cc(Nc2nc(N3CCCC(C)(NC(=O)c4ccc(C5CC5)cc4)C3)cnc2C(N)=O)cn1. The summed E-state index contributed by atoms with van der Waals surface area (Å²) in [7, 11) is 1.80. The van der Waals surface area contributed by atoms with Crippen LogP contribution in [0, 0.1) is 0 Å². The standard InChI is InChI=1S/C25H30N8O2/c1-25(31-24(35)18-8-6-17(7-9-18)16-4-5-16)10-3-11-33(15-25)20-13-27-21(22(26)34)23(30-20)29-19-12-28-32(2)14-19/h6-9,12-14,16H,3-5,10-11,15H2,1-2H3,(H2,26,34)(H,29,30)(H,31,35). The molecule has 2 aliphatic rings. The molecule has 3 aromatic rings. The number of amides is 2. The van der Waals surface area contributed by atoms with Crippen LogP contribution in [-0.2, 0) is 7.05 Å². The average Bonchev–Trinajstić information content (AvgIpc) is 3.60. The van der Waals surface area contributed by atoms with Gasteiger partial charge in [-0.1, -0.05) is 12.1 Å². The topological polar surface area (TPSA) is 131 Å². The van der Waals surface area contributed by atoms with Crippen molar-refractivity contribution in [1.29, 1.82) is 0 Å². The van der Waals surface area contributed by atoms with E-state index in [2.05, 4.69) is 49.7 Å². The van der Waals surface area contributed by atoms with E-state index in [9.17, 15) is 9.59 Å². The first-order valence-electron chi connectivity index (χ1n) is 11.9. The molecule has 182 valence electrons. The monoisotopic (exact) mass is 474 g/mol. The number of aromatic nitrogens is 4. The van der Waals surface area contributed by atoms with Crippen molar-refractivity contribution in [2.24, 2.45) is 12.8 Å². The first-order valence-corrected chi connectivity index (χ1v) is 11.9. The molecule has 1 unspecified atom stereocenters. The third kappa shape index (κ3) is 5.11. The van der Waals surface area contributed by atoms with Gasteiger partial charge in [-0.3, -0.25) is 14.3 Å². The highest BCUT2D eigenvalue weighted by Crippen LogP contribution is 2.40. The number of rotatable bonds is 7. The second-order valence-corrected chi connectivity index (χ2v) is 9.75. The Bertz CT molecular complexity index is 1250. The third-order valence-electron chi connectivity index (χ3n) is 6.62. The number of hydrogen-bond acceptors (Lipinski definition) is 7. The summed E-state index contributed by atoms with van der Waals surface area (Å²) in [6.07, 6.45) is 9.15. The number of benzene rings is 1. The molecule has 5 rings (SSSR count). The van der Waals surface area contributed by atoms with Gasteiger partial charge in [-0.2, -0.15) is 5.10 Å². The van der Waals surface area contributed by atoms with Crippen LogP contribution in [0.25, 0.3) is 0 Å². The van der Waals surface area contributed by atoms with Crippen LogP contribution in [0.5, 0.6) is 0 Å². The summed E-state index contributed by atoms with van der Waals surface area (Å²) in [5.41, 5.74) is 7.79. The minimum atomic E-state index is -0.668. The number of primary amides is 1. The molecule has 4 N–H and O–H groups in total. The molecule has 1 saturated heterocycles. The second kappa shape index (κ2) is 9.01. The second-order valence-electron chi connectivity index (χ2n) is 9.75. The number of piperidine rings is 1. The Labute approximate surface area is 203 Å². The van der Waals surface area contributed by atoms with E-state index < -0.39 is 11.4 Å². The van der Waals surface area contributed by atoms with Crippen molar-refractivity contribution in [2.75, 3.05) is 23.3 Å². The van der Waals surface area contributed by atoms with Gasteiger partial charge in [0.2, 0.25) is 0 Å². The van der Waals surface area contributed by atoms with Crippen LogP contribution >= 0.6 is 0 Å².